The van der Waals surface area contributed by atoms with Crippen molar-refractivity contribution in [1.29, 1.82) is 0 Å². The van der Waals surface area contributed by atoms with Crippen molar-refractivity contribution in [2.24, 2.45) is 0 Å². The monoisotopic (exact) mass is 340 g/mol. The zero-order valence-corrected chi connectivity index (χ0v) is 15.1. The number of likely N-dealkylation sites (N-methyl/N-ethyl adjacent to an activating group) is 2. The van der Waals surface area contributed by atoms with Crippen LogP contribution in [0.25, 0.3) is 11.0 Å². The van der Waals surface area contributed by atoms with Gasteiger partial charge in [-0.2, -0.15) is 0 Å². The largest absolute Gasteiger partial charge is 0.344 e. The van der Waals surface area contributed by atoms with E-state index in [4.69, 9.17) is 0 Å². The van der Waals surface area contributed by atoms with E-state index in [-0.39, 0.29) is 11.6 Å². The fourth-order valence-electron chi connectivity index (χ4n) is 2.74. The van der Waals surface area contributed by atoms with Crippen LogP contribution in [0.4, 0.5) is 5.95 Å². The molecule has 1 atom stereocenters. The van der Waals surface area contributed by atoms with Gasteiger partial charge in [0, 0.05) is 26.2 Å². The number of nitrogens with zero attached hydrogens (tertiary/aromatic N) is 5. The van der Waals surface area contributed by atoms with Gasteiger partial charge in [-0.25, -0.2) is 9.97 Å². The Morgan fingerprint density at radius 2 is 1.96 bits per heavy atom. The van der Waals surface area contributed by atoms with Crippen molar-refractivity contribution in [3.63, 3.8) is 0 Å². The molecule has 0 bridgehead atoms. The lowest BCUT2D eigenvalue weighted by atomic mass is 10.2. The Morgan fingerprint density at radius 1 is 1.20 bits per heavy atom. The van der Waals surface area contributed by atoms with Crippen molar-refractivity contribution in [3.8, 4) is 0 Å². The predicted octanol–water partition coefficient (Wildman–Crippen LogP) is 1.73. The summed E-state index contributed by atoms with van der Waals surface area (Å²) in [5.41, 5.74) is 2.54. The molecule has 0 spiro atoms. The molecule has 7 heteroatoms. The first-order valence-electron chi connectivity index (χ1n) is 8.34. The maximum absolute atomic E-state index is 12.1. The number of para-hydroxylation sites is 2. The topological polar surface area (TPSA) is 70.1 Å². The molecule has 3 rings (SSSR count). The molecule has 1 N–H and O–H groups in total. The minimum absolute atomic E-state index is 0.0873. The van der Waals surface area contributed by atoms with Crippen molar-refractivity contribution in [3.05, 3.63) is 52.7 Å². The Hall–Kier alpha value is -2.67. The van der Waals surface area contributed by atoms with Crippen molar-refractivity contribution in [2.45, 2.75) is 13.0 Å². The molecular weight excluding hydrogens is 316 g/mol. The number of hydrogen-bond donors (Lipinski definition) is 1. The van der Waals surface area contributed by atoms with Gasteiger partial charge in [0.15, 0.2) is 0 Å². The van der Waals surface area contributed by atoms with E-state index < -0.39 is 0 Å². The molecule has 0 saturated carbocycles. The molecule has 2 heterocycles. The lowest BCUT2D eigenvalue weighted by Crippen LogP contribution is -2.31. The molecule has 3 aromatic rings. The highest BCUT2D eigenvalue weighted by atomic mass is 16.1. The number of H-pyrrole nitrogens is 1. The predicted molar refractivity (Wildman–Crippen MR) is 100 cm³/mol. The number of hydrogen-bond acceptors (Lipinski definition) is 5. The third kappa shape index (κ3) is 3.71. The highest BCUT2D eigenvalue weighted by Crippen LogP contribution is 2.22. The van der Waals surface area contributed by atoms with Gasteiger partial charge in [-0.3, -0.25) is 9.78 Å². The van der Waals surface area contributed by atoms with E-state index in [1.165, 1.54) is 0 Å². The molecule has 0 aliphatic rings. The van der Waals surface area contributed by atoms with E-state index in [0.717, 1.165) is 29.8 Å². The third-order valence-electron chi connectivity index (χ3n) is 4.32. The molecule has 0 radical (unpaired) electrons. The minimum atomic E-state index is -0.145. The summed E-state index contributed by atoms with van der Waals surface area (Å²) < 4.78 is 2.04. The van der Waals surface area contributed by atoms with Gasteiger partial charge in [-0.1, -0.05) is 12.1 Å². The van der Waals surface area contributed by atoms with Gasteiger partial charge >= 0.3 is 0 Å². The van der Waals surface area contributed by atoms with Gasteiger partial charge < -0.3 is 14.4 Å². The Kier molecular flexibility index (Phi) is 4.85. The number of aromatic nitrogens is 4. The van der Waals surface area contributed by atoms with Gasteiger partial charge in [0.25, 0.3) is 5.56 Å². The first kappa shape index (κ1) is 17.2. The molecule has 0 aliphatic heterocycles. The number of nitrogens with one attached hydrogen (secondary N) is 1. The second kappa shape index (κ2) is 7.06. The number of anilines is 1. The minimum Gasteiger partial charge on any atom is -0.344 e. The second-order valence-electron chi connectivity index (χ2n) is 6.54. The van der Waals surface area contributed by atoms with Crippen molar-refractivity contribution >= 4 is 17.0 Å². The van der Waals surface area contributed by atoms with Crippen LogP contribution in [0.3, 0.4) is 0 Å². The average molecular weight is 340 g/mol. The number of aromatic amines is 1. The highest BCUT2D eigenvalue weighted by molar-refractivity contribution is 5.75. The van der Waals surface area contributed by atoms with Gasteiger partial charge in [-0.15, -0.1) is 0 Å². The summed E-state index contributed by atoms with van der Waals surface area (Å²) >= 11 is 0. The van der Waals surface area contributed by atoms with Crippen LogP contribution in [0.2, 0.25) is 0 Å². The summed E-state index contributed by atoms with van der Waals surface area (Å²) in [4.78, 5) is 28.1. The number of rotatable bonds is 6. The van der Waals surface area contributed by atoms with Crippen LogP contribution in [0.15, 0.2) is 41.5 Å². The lowest BCUT2D eigenvalue weighted by Gasteiger charge is -2.21. The fourth-order valence-corrected chi connectivity index (χ4v) is 2.74. The molecule has 0 fully saturated rings. The van der Waals surface area contributed by atoms with Crippen LogP contribution in [0, 0.1) is 0 Å². The Bertz CT molecular complexity index is 913. The van der Waals surface area contributed by atoms with Crippen LogP contribution in [0.1, 0.15) is 18.7 Å². The zero-order chi connectivity index (χ0) is 18.0. The Labute approximate surface area is 146 Å². The smallest absolute Gasteiger partial charge is 0.252 e. The maximum Gasteiger partial charge on any atom is 0.252 e. The van der Waals surface area contributed by atoms with Crippen molar-refractivity contribution < 1.29 is 0 Å². The van der Waals surface area contributed by atoms with Gasteiger partial charge in [0.2, 0.25) is 5.95 Å². The quantitative estimate of drug-likeness (QED) is 0.740. The third-order valence-corrected chi connectivity index (χ3v) is 4.32. The van der Waals surface area contributed by atoms with E-state index in [1.54, 1.807) is 12.4 Å². The normalized spacial score (nSPS) is 12.7. The van der Waals surface area contributed by atoms with Crippen LogP contribution in [-0.2, 0) is 0 Å². The number of fused-ring (bicyclic) bond motifs is 1. The summed E-state index contributed by atoms with van der Waals surface area (Å²) in [7, 11) is 5.97. The van der Waals surface area contributed by atoms with Gasteiger partial charge in [0.1, 0.15) is 0 Å². The molecule has 0 saturated heterocycles. The first-order valence-corrected chi connectivity index (χ1v) is 8.34. The zero-order valence-electron chi connectivity index (χ0n) is 15.1. The molecule has 132 valence electrons. The van der Waals surface area contributed by atoms with Crippen molar-refractivity contribution in [2.75, 3.05) is 39.1 Å². The van der Waals surface area contributed by atoms with Gasteiger partial charge in [0.05, 0.1) is 29.1 Å². The van der Waals surface area contributed by atoms with Gasteiger partial charge in [-0.05, 0) is 33.2 Å². The average Bonchev–Trinajstić information content (AvgIpc) is 3.02. The molecule has 2 aromatic heterocycles. The van der Waals surface area contributed by atoms with E-state index in [9.17, 15) is 4.79 Å². The summed E-state index contributed by atoms with van der Waals surface area (Å²) in [6, 6.07) is 9.42. The summed E-state index contributed by atoms with van der Waals surface area (Å²) in [6.45, 7) is 3.69. The Balaban J connectivity index is 1.93. The lowest BCUT2D eigenvalue weighted by molar-refractivity contribution is 0.415. The number of benzene rings is 1. The standard InChI is InChI=1S/C18H24N6O/c1-13(24-12-19-14-7-5-6-8-16(14)24)15-11-17(25)21-18(20-15)23(4)10-9-22(2)3/h5-8,11-13H,9-10H2,1-4H3,(H,20,21,25). The van der Waals surface area contributed by atoms with Crippen LogP contribution in [0.5, 0.6) is 0 Å². The molecule has 1 aromatic carbocycles. The summed E-state index contributed by atoms with van der Waals surface area (Å²) in [5.74, 6) is 0.584. The van der Waals surface area contributed by atoms with Crippen molar-refractivity contribution in [1.82, 2.24) is 24.4 Å². The fraction of sp³-hybridized carbons (Fsp3) is 0.389. The van der Waals surface area contributed by atoms with Crippen LogP contribution < -0.4 is 10.5 Å². The second-order valence-corrected chi connectivity index (χ2v) is 6.54. The van der Waals surface area contributed by atoms with Crippen LogP contribution >= 0.6 is 0 Å². The maximum atomic E-state index is 12.1. The molecule has 0 aliphatic carbocycles. The SMILES string of the molecule is CC(c1cc(=O)[nH]c(N(C)CCN(C)C)n1)n1cnc2ccccc21. The molecular formula is C18H24N6O. The van der Waals surface area contributed by atoms with E-state index in [2.05, 4.69) is 19.9 Å². The molecule has 25 heavy (non-hydrogen) atoms. The first-order chi connectivity index (χ1) is 12.0. The van der Waals surface area contributed by atoms with E-state index in [0.29, 0.717) is 5.95 Å². The van der Waals surface area contributed by atoms with E-state index in [1.807, 2.05) is 61.8 Å². The summed E-state index contributed by atoms with van der Waals surface area (Å²) in [6.07, 6.45) is 1.80. The van der Waals surface area contributed by atoms with Crippen LogP contribution in [-0.4, -0.2) is 58.7 Å². The van der Waals surface area contributed by atoms with E-state index >= 15 is 0 Å². The molecule has 7 nitrogen and oxygen atoms in total. The molecule has 0 amide bonds. The summed E-state index contributed by atoms with van der Waals surface area (Å²) in [5, 5.41) is 0. The molecule has 1 unspecified atom stereocenters. The number of imidazole rings is 1. The Morgan fingerprint density at radius 3 is 2.72 bits per heavy atom. The highest BCUT2D eigenvalue weighted by Gasteiger charge is 2.15.